The molecule has 0 spiro atoms. The Kier molecular flexibility index (Phi) is 3.92. The number of hydrogen-bond acceptors (Lipinski definition) is 3. The van der Waals surface area contributed by atoms with E-state index in [-0.39, 0.29) is 18.5 Å². The van der Waals surface area contributed by atoms with E-state index in [9.17, 15) is 14.4 Å². The quantitative estimate of drug-likeness (QED) is 0.716. The van der Waals surface area contributed by atoms with Crippen LogP contribution in [-0.2, 0) is 9.59 Å². The number of carboxylic acids is 1. The summed E-state index contributed by atoms with van der Waals surface area (Å²) < 4.78 is 0. The molecule has 2 heterocycles. The number of piperazine rings is 1. The van der Waals surface area contributed by atoms with Gasteiger partial charge in [-0.3, -0.25) is 4.79 Å². The van der Waals surface area contributed by atoms with Crippen molar-refractivity contribution in [3.05, 3.63) is 0 Å². The Labute approximate surface area is 111 Å². The fourth-order valence-corrected chi connectivity index (χ4v) is 2.52. The second-order valence-electron chi connectivity index (χ2n) is 5.06. The summed E-state index contributed by atoms with van der Waals surface area (Å²) in [4.78, 5) is 39.5. The van der Waals surface area contributed by atoms with Gasteiger partial charge in [-0.2, -0.15) is 0 Å². The summed E-state index contributed by atoms with van der Waals surface area (Å²) in [6.07, 6.45) is 2.13. The molecular weight excluding hydrogens is 250 g/mol. The molecular formula is C12H19N3O4. The van der Waals surface area contributed by atoms with Crippen LogP contribution in [0.25, 0.3) is 0 Å². The molecule has 3 amide bonds. The second kappa shape index (κ2) is 5.46. The first-order valence-corrected chi connectivity index (χ1v) is 6.53. The van der Waals surface area contributed by atoms with Gasteiger partial charge in [0.15, 0.2) is 0 Å². The monoisotopic (exact) mass is 269 g/mol. The summed E-state index contributed by atoms with van der Waals surface area (Å²) >= 11 is 0. The maximum absolute atomic E-state index is 12.3. The van der Waals surface area contributed by atoms with Gasteiger partial charge >= 0.3 is 12.0 Å². The number of rotatable bonds is 1. The lowest BCUT2D eigenvalue weighted by Crippen LogP contribution is -2.58. The van der Waals surface area contributed by atoms with Crippen LogP contribution >= 0.6 is 0 Å². The lowest BCUT2D eigenvalue weighted by molar-refractivity contribution is -0.143. The van der Waals surface area contributed by atoms with Gasteiger partial charge in [-0.05, 0) is 19.3 Å². The van der Waals surface area contributed by atoms with E-state index in [2.05, 4.69) is 0 Å². The van der Waals surface area contributed by atoms with Crippen LogP contribution in [0.5, 0.6) is 0 Å². The van der Waals surface area contributed by atoms with Crippen molar-refractivity contribution in [2.24, 2.45) is 0 Å². The zero-order valence-corrected chi connectivity index (χ0v) is 11.0. The van der Waals surface area contributed by atoms with E-state index in [1.54, 1.807) is 11.9 Å². The number of carbonyl (C=O) groups is 3. The summed E-state index contributed by atoms with van der Waals surface area (Å²) in [5.74, 6) is -1.07. The number of urea groups is 1. The fourth-order valence-electron chi connectivity index (χ4n) is 2.52. The lowest BCUT2D eigenvalue weighted by Gasteiger charge is -2.39. The predicted octanol–water partition coefficient (Wildman–Crippen LogP) is -0.180. The number of likely N-dealkylation sites (tertiary alicyclic amines) is 1. The van der Waals surface area contributed by atoms with Gasteiger partial charge in [0.2, 0.25) is 5.91 Å². The SMILES string of the molecule is CN1CCN(C(=O)N2CCCCC2C(=O)O)CC1=O. The normalized spacial score (nSPS) is 24.6. The highest BCUT2D eigenvalue weighted by atomic mass is 16.4. The number of hydrogen-bond donors (Lipinski definition) is 1. The number of amides is 3. The molecule has 106 valence electrons. The topological polar surface area (TPSA) is 81.2 Å². The van der Waals surface area contributed by atoms with Gasteiger partial charge < -0.3 is 19.8 Å². The highest BCUT2D eigenvalue weighted by Gasteiger charge is 2.36. The molecule has 19 heavy (non-hydrogen) atoms. The fraction of sp³-hybridized carbons (Fsp3) is 0.750. The molecule has 2 saturated heterocycles. The summed E-state index contributed by atoms with van der Waals surface area (Å²) in [6.45, 7) is 1.45. The molecule has 1 atom stereocenters. The Morgan fingerprint density at radius 3 is 2.58 bits per heavy atom. The molecule has 1 unspecified atom stereocenters. The average molecular weight is 269 g/mol. The van der Waals surface area contributed by atoms with Gasteiger partial charge in [0.05, 0.1) is 0 Å². The number of piperidine rings is 1. The second-order valence-corrected chi connectivity index (χ2v) is 5.06. The van der Waals surface area contributed by atoms with Crippen molar-refractivity contribution in [3.63, 3.8) is 0 Å². The molecule has 0 aromatic rings. The Balaban J connectivity index is 2.05. The number of nitrogens with zero attached hydrogens (tertiary/aromatic N) is 3. The van der Waals surface area contributed by atoms with Crippen molar-refractivity contribution in [2.45, 2.75) is 25.3 Å². The minimum Gasteiger partial charge on any atom is -0.480 e. The van der Waals surface area contributed by atoms with Crippen molar-refractivity contribution < 1.29 is 19.5 Å². The van der Waals surface area contributed by atoms with Crippen molar-refractivity contribution >= 4 is 17.9 Å². The first-order chi connectivity index (χ1) is 9.00. The van der Waals surface area contributed by atoms with Crippen LogP contribution in [-0.4, -0.2) is 77.0 Å². The van der Waals surface area contributed by atoms with E-state index in [1.165, 1.54) is 9.80 Å². The molecule has 0 aromatic carbocycles. The van der Waals surface area contributed by atoms with Gasteiger partial charge in [0.25, 0.3) is 0 Å². The minimum absolute atomic E-state index is 0.0399. The van der Waals surface area contributed by atoms with Crippen LogP contribution < -0.4 is 0 Å². The standard InChI is InChI=1S/C12H19N3O4/c1-13-6-7-14(8-10(13)16)12(19)15-5-3-2-4-9(15)11(17)18/h9H,2-8H2,1H3,(H,17,18). The molecule has 2 fully saturated rings. The third-order valence-corrected chi connectivity index (χ3v) is 3.76. The van der Waals surface area contributed by atoms with E-state index in [1.807, 2.05) is 0 Å². The van der Waals surface area contributed by atoms with Crippen LogP contribution in [0.2, 0.25) is 0 Å². The number of carbonyl (C=O) groups excluding carboxylic acids is 2. The van der Waals surface area contributed by atoms with Crippen LogP contribution in [0, 0.1) is 0 Å². The largest absolute Gasteiger partial charge is 0.480 e. The third-order valence-electron chi connectivity index (χ3n) is 3.76. The zero-order valence-electron chi connectivity index (χ0n) is 11.0. The predicted molar refractivity (Wildman–Crippen MR) is 66.6 cm³/mol. The van der Waals surface area contributed by atoms with Crippen LogP contribution in [0.3, 0.4) is 0 Å². The Hall–Kier alpha value is -1.79. The first kappa shape index (κ1) is 13.6. The molecule has 7 heteroatoms. The molecule has 0 aliphatic carbocycles. The van der Waals surface area contributed by atoms with Gasteiger partial charge in [0.1, 0.15) is 12.6 Å². The van der Waals surface area contributed by atoms with E-state index < -0.39 is 12.0 Å². The Morgan fingerprint density at radius 1 is 1.21 bits per heavy atom. The Morgan fingerprint density at radius 2 is 1.95 bits per heavy atom. The van der Waals surface area contributed by atoms with Gasteiger partial charge in [-0.25, -0.2) is 9.59 Å². The van der Waals surface area contributed by atoms with Crippen LogP contribution in [0.4, 0.5) is 4.79 Å². The Bertz CT molecular complexity index is 398. The molecule has 0 saturated carbocycles. The highest BCUT2D eigenvalue weighted by molar-refractivity contribution is 5.87. The molecule has 2 aliphatic heterocycles. The lowest BCUT2D eigenvalue weighted by atomic mass is 10.0. The summed E-state index contributed by atoms with van der Waals surface area (Å²) in [7, 11) is 1.70. The smallest absolute Gasteiger partial charge is 0.326 e. The summed E-state index contributed by atoms with van der Waals surface area (Å²) in [5, 5.41) is 9.16. The summed E-state index contributed by atoms with van der Waals surface area (Å²) in [5.41, 5.74) is 0. The summed E-state index contributed by atoms with van der Waals surface area (Å²) in [6, 6.07) is -1.08. The highest BCUT2D eigenvalue weighted by Crippen LogP contribution is 2.19. The maximum atomic E-state index is 12.3. The van der Waals surface area contributed by atoms with E-state index in [0.29, 0.717) is 26.1 Å². The molecule has 0 aromatic heterocycles. The number of carboxylic acid groups (broad SMARTS) is 1. The van der Waals surface area contributed by atoms with Crippen molar-refractivity contribution in [1.82, 2.24) is 14.7 Å². The maximum Gasteiger partial charge on any atom is 0.326 e. The van der Waals surface area contributed by atoms with Crippen LogP contribution in [0.1, 0.15) is 19.3 Å². The molecule has 2 rings (SSSR count). The zero-order chi connectivity index (χ0) is 14.0. The van der Waals surface area contributed by atoms with E-state index >= 15 is 0 Å². The molecule has 0 radical (unpaired) electrons. The van der Waals surface area contributed by atoms with Gasteiger partial charge in [0, 0.05) is 26.7 Å². The molecule has 7 nitrogen and oxygen atoms in total. The van der Waals surface area contributed by atoms with Crippen molar-refractivity contribution in [3.8, 4) is 0 Å². The minimum atomic E-state index is -0.964. The third kappa shape index (κ3) is 2.80. The number of aliphatic carboxylic acids is 1. The van der Waals surface area contributed by atoms with Gasteiger partial charge in [-0.15, -0.1) is 0 Å². The van der Waals surface area contributed by atoms with E-state index in [4.69, 9.17) is 5.11 Å². The average Bonchev–Trinajstić information content (AvgIpc) is 2.41. The molecule has 0 bridgehead atoms. The first-order valence-electron chi connectivity index (χ1n) is 6.53. The van der Waals surface area contributed by atoms with Crippen molar-refractivity contribution in [1.29, 1.82) is 0 Å². The molecule has 2 aliphatic rings. The van der Waals surface area contributed by atoms with Crippen molar-refractivity contribution in [2.75, 3.05) is 33.2 Å². The van der Waals surface area contributed by atoms with E-state index in [0.717, 1.165) is 12.8 Å². The molecule has 1 N–H and O–H groups in total. The number of likely N-dealkylation sites (N-methyl/N-ethyl adjacent to an activating group) is 1. The van der Waals surface area contributed by atoms with Crippen LogP contribution in [0.15, 0.2) is 0 Å². The van der Waals surface area contributed by atoms with Gasteiger partial charge in [-0.1, -0.05) is 0 Å².